The summed E-state index contributed by atoms with van der Waals surface area (Å²) in [6, 6.07) is 3.68. The second-order valence-corrected chi connectivity index (χ2v) is 5.21. The van der Waals surface area contributed by atoms with Crippen molar-refractivity contribution in [3.63, 3.8) is 0 Å². The lowest BCUT2D eigenvalue weighted by Gasteiger charge is -2.17. The molecule has 1 saturated carbocycles. The molecule has 0 saturated heterocycles. The van der Waals surface area contributed by atoms with Crippen LogP contribution in [-0.2, 0) is 4.79 Å². The van der Waals surface area contributed by atoms with Crippen molar-refractivity contribution < 1.29 is 9.18 Å². The molecule has 3 N–H and O–H groups in total. The van der Waals surface area contributed by atoms with Gasteiger partial charge in [-0.2, -0.15) is 0 Å². The maximum absolute atomic E-state index is 13.0. The first-order valence-corrected chi connectivity index (χ1v) is 6.35. The normalized spacial score (nSPS) is 16.8. The average molecular weight is 301 g/mol. The number of benzene rings is 1. The van der Waals surface area contributed by atoms with Gasteiger partial charge in [0.1, 0.15) is 11.9 Å². The fourth-order valence-electron chi connectivity index (χ4n) is 1.71. The monoisotopic (exact) mass is 300 g/mol. The van der Waals surface area contributed by atoms with Gasteiger partial charge in [0.2, 0.25) is 5.91 Å². The minimum atomic E-state index is -0.564. The third kappa shape index (κ3) is 3.26. The van der Waals surface area contributed by atoms with Gasteiger partial charge in [-0.05, 0) is 43.0 Å². The van der Waals surface area contributed by atoms with Crippen LogP contribution in [0.4, 0.5) is 4.39 Å². The number of primary amides is 1. The van der Waals surface area contributed by atoms with Crippen LogP contribution < -0.4 is 11.1 Å². The van der Waals surface area contributed by atoms with Crippen LogP contribution in [0.2, 0.25) is 0 Å². The first kappa shape index (κ1) is 12.5. The van der Waals surface area contributed by atoms with Crippen LogP contribution in [0.3, 0.4) is 0 Å². The summed E-state index contributed by atoms with van der Waals surface area (Å²) in [5, 5.41) is 3.13. The number of carbonyl (C=O) groups is 1. The largest absolute Gasteiger partial charge is 0.368 e. The molecule has 1 aliphatic rings. The molecule has 0 spiro atoms. The summed E-state index contributed by atoms with van der Waals surface area (Å²) < 4.78 is 13.5. The Morgan fingerprint density at radius 2 is 2.29 bits per heavy atom. The van der Waals surface area contributed by atoms with Crippen molar-refractivity contribution in [2.24, 2.45) is 11.7 Å². The van der Waals surface area contributed by atoms with Crippen molar-refractivity contribution >= 4 is 21.8 Å². The molecule has 1 fully saturated rings. The Morgan fingerprint density at radius 1 is 1.59 bits per heavy atom. The fraction of sp³-hybridized carbons (Fsp3) is 0.417. The van der Waals surface area contributed by atoms with Crippen molar-refractivity contribution in [2.75, 3.05) is 6.54 Å². The van der Waals surface area contributed by atoms with Crippen LogP contribution in [0, 0.1) is 11.7 Å². The third-order valence-electron chi connectivity index (χ3n) is 2.87. The Morgan fingerprint density at radius 3 is 2.82 bits per heavy atom. The molecule has 0 bridgehead atoms. The van der Waals surface area contributed by atoms with Gasteiger partial charge in [0.05, 0.1) is 0 Å². The first-order valence-electron chi connectivity index (χ1n) is 5.55. The topological polar surface area (TPSA) is 55.1 Å². The van der Waals surface area contributed by atoms with Crippen LogP contribution in [0.15, 0.2) is 22.7 Å². The molecular weight excluding hydrogens is 287 g/mol. The van der Waals surface area contributed by atoms with Crippen LogP contribution in [0.25, 0.3) is 0 Å². The molecule has 0 radical (unpaired) electrons. The van der Waals surface area contributed by atoms with Gasteiger partial charge in [0.25, 0.3) is 0 Å². The molecule has 1 aliphatic carbocycles. The lowest BCUT2D eigenvalue weighted by Crippen LogP contribution is -2.35. The summed E-state index contributed by atoms with van der Waals surface area (Å²) in [5.41, 5.74) is 6.05. The maximum Gasteiger partial charge on any atom is 0.239 e. The van der Waals surface area contributed by atoms with Gasteiger partial charge in [-0.3, -0.25) is 4.79 Å². The summed E-state index contributed by atoms with van der Waals surface area (Å²) >= 11 is 3.25. The summed E-state index contributed by atoms with van der Waals surface area (Å²) in [4.78, 5) is 11.4. The first-order chi connectivity index (χ1) is 8.08. The van der Waals surface area contributed by atoms with E-state index in [-0.39, 0.29) is 5.82 Å². The molecule has 0 aliphatic heterocycles. The van der Waals surface area contributed by atoms with E-state index in [4.69, 9.17) is 5.73 Å². The standard InChI is InChI=1S/C12H14BrFN2O/c13-10-5-8(14)3-4-9(10)11(12(15)17)16-6-7-1-2-7/h3-5,7,11,16H,1-2,6H2,(H2,15,17). The SMILES string of the molecule is NC(=O)C(NCC1CC1)c1ccc(F)cc1Br. The van der Waals surface area contributed by atoms with E-state index in [9.17, 15) is 9.18 Å². The second kappa shape index (κ2) is 5.14. The lowest BCUT2D eigenvalue weighted by atomic mass is 10.1. The molecule has 1 aromatic rings. The highest BCUT2D eigenvalue weighted by Crippen LogP contribution is 2.30. The van der Waals surface area contributed by atoms with Crippen LogP contribution in [0.1, 0.15) is 24.4 Å². The zero-order valence-electron chi connectivity index (χ0n) is 9.25. The van der Waals surface area contributed by atoms with E-state index in [1.807, 2.05) is 0 Å². The Kier molecular flexibility index (Phi) is 3.79. The van der Waals surface area contributed by atoms with Gasteiger partial charge in [-0.1, -0.05) is 22.0 Å². The van der Waals surface area contributed by atoms with Gasteiger partial charge in [0.15, 0.2) is 0 Å². The average Bonchev–Trinajstić information content (AvgIpc) is 3.04. The molecule has 1 unspecified atom stereocenters. The second-order valence-electron chi connectivity index (χ2n) is 4.35. The predicted octanol–water partition coefficient (Wildman–Crippen LogP) is 2.11. The van der Waals surface area contributed by atoms with E-state index >= 15 is 0 Å². The number of hydrogen-bond donors (Lipinski definition) is 2. The summed E-state index contributed by atoms with van der Waals surface area (Å²) in [6.45, 7) is 0.775. The van der Waals surface area contributed by atoms with Crippen molar-refractivity contribution in [3.8, 4) is 0 Å². The molecule has 0 heterocycles. The van der Waals surface area contributed by atoms with E-state index in [1.165, 1.54) is 25.0 Å². The van der Waals surface area contributed by atoms with Crippen molar-refractivity contribution in [1.29, 1.82) is 0 Å². The molecule has 17 heavy (non-hydrogen) atoms. The summed E-state index contributed by atoms with van der Waals surface area (Å²) in [7, 11) is 0. The highest BCUT2D eigenvalue weighted by Gasteiger charge is 2.25. The Labute approximate surface area is 108 Å². The van der Waals surface area contributed by atoms with E-state index in [1.54, 1.807) is 6.07 Å². The van der Waals surface area contributed by atoms with Gasteiger partial charge < -0.3 is 11.1 Å². The third-order valence-corrected chi connectivity index (χ3v) is 3.55. The van der Waals surface area contributed by atoms with E-state index in [2.05, 4.69) is 21.2 Å². The summed E-state index contributed by atoms with van der Waals surface area (Å²) in [5.74, 6) is -0.139. The number of nitrogens with one attached hydrogen (secondary N) is 1. The minimum Gasteiger partial charge on any atom is -0.368 e. The molecule has 3 nitrogen and oxygen atoms in total. The van der Waals surface area contributed by atoms with Crippen molar-refractivity contribution in [1.82, 2.24) is 5.32 Å². The van der Waals surface area contributed by atoms with Crippen molar-refractivity contribution in [3.05, 3.63) is 34.1 Å². The Balaban J connectivity index is 2.15. The maximum atomic E-state index is 13.0. The number of hydrogen-bond acceptors (Lipinski definition) is 2. The molecular formula is C12H14BrFN2O. The van der Waals surface area contributed by atoms with Gasteiger partial charge >= 0.3 is 0 Å². The lowest BCUT2D eigenvalue weighted by molar-refractivity contribution is -0.120. The Bertz CT molecular complexity index is 435. The predicted molar refractivity (Wildman–Crippen MR) is 66.8 cm³/mol. The molecule has 5 heteroatoms. The van der Waals surface area contributed by atoms with Gasteiger partial charge in [-0.25, -0.2) is 4.39 Å². The molecule has 2 rings (SSSR count). The zero-order chi connectivity index (χ0) is 12.4. The van der Waals surface area contributed by atoms with Crippen LogP contribution in [0.5, 0.6) is 0 Å². The molecule has 1 aromatic carbocycles. The number of nitrogens with two attached hydrogens (primary N) is 1. The highest BCUT2D eigenvalue weighted by molar-refractivity contribution is 9.10. The minimum absolute atomic E-state index is 0.342. The van der Waals surface area contributed by atoms with Crippen molar-refractivity contribution in [2.45, 2.75) is 18.9 Å². The number of rotatable bonds is 5. The quantitative estimate of drug-likeness (QED) is 0.875. The molecule has 0 aromatic heterocycles. The van der Waals surface area contributed by atoms with Crippen LogP contribution in [-0.4, -0.2) is 12.5 Å². The fourth-order valence-corrected chi connectivity index (χ4v) is 2.29. The molecule has 1 atom stereocenters. The molecule has 92 valence electrons. The highest BCUT2D eigenvalue weighted by atomic mass is 79.9. The van der Waals surface area contributed by atoms with E-state index in [0.29, 0.717) is 16.0 Å². The number of amides is 1. The van der Waals surface area contributed by atoms with Gasteiger partial charge in [-0.15, -0.1) is 0 Å². The van der Waals surface area contributed by atoms with E-state index in [0.717, 1.165) is 6.54 Å². The number of halogens is 2. The number of carbonyl (C=O) groups excluding carboxylic acids is 1. The summed E-state index contributed by atoms with van der Waals surface area (Å²) in [6.07, 6.45) is 2.39. The molecule has 1 amide bonds. The van der Waals surface area contributed by atoms with Crippen LogP contribution >= 0.6 is 15.9 Å². The smallest absolute Gasteiger partial charge is 0.239 e. The van der Waals surface area contributed by atoms with E-state index < -0.39 is 11.9 Å². The van der Waals surface area contributed by atoms with Gasteiger partial charge in [0, 0.05) is 4.47 Å². The zero-order valence-corrected chi connectivity index (χ0v) is 10.8. The Hall–Kier alpha value is -0.940.